The molecule has 0 radical (unpaired) electrons. The Hall–Kier alpha value is -3.53. The van der Waals surface area contributed by atoms with Gasteiger partial charge in [-0.15, -0.1) is 6.58 Å². The second kappa shape index (κ2) is 17.1. The van der Waals surface area contributed by atoms with Crippen molar-refractivity contribution in [1.82, 2.24) is 0 Å². The Balaban J connectivity index is 1.39. The van der Waals surface area contributed by atoms with Gasteiger partial charge in [-0.2, -0.15) is 0 Å². The number of benzene rings is 3. The Labute approximate surface area is 235 Å². The van der Waals surface area contributed by atoms with Gasteiger partial charge in [0.15, 0.2) is 0 Å². The second-order valence-electron chi connectivity index (χ2n) is 10.2. The maximum atomic E-state index is 12.6. The fourth-order valence-electron chi connectivity index (χ4n) is 4.13. The highest BCUT2D eigenvalue weighted by Crippen LogP contribution is 2.24. The van der Waals surface area contributed by atoms with Crippen LogP contribution in [0.2, 0.25) is 0 Å². The monoisotopic (exact) mass is 528 g/mol. The molecule has 0 heterocycles. The van der Waals surface area contributed by atoms with Gasteiger partial charge in [0.1, 0.15) is 17.2 Å². The van der Waals surface area contributed by atoms with Crippen LogP contribution in [-0.2, 0) is 0 Å². The number of carbonyl (C=O) groups is 1. The van der Waals surface area contributed by atoms with Crippen molar-refractivity contribution in [3.8, 4) is 28.4 Å². The van der Waals surface area contributed by atoms with E-state index in [0.29, 0.717) is 23.8 Å². The molecular weight excluding hydrogens is 484 g/mol. The summed E-state index contributed by atoms with van der Waals surface area (Å²) in [6, 6.07) is 22.8. The molecule has 0 saturated heterocycles. The molecule has 0 aromatic heterocycles. The van der Waals surface area contributed by atoms with E-state index in [0.717, 1.165) is 48.5 Å². The lowest BCUT2D eigenvalue weighted by atomic mass is 10.0. The van der Waals surface area contributed by atoms with E-state index in [4.69, 9.17) is 14.2 Å². The number of hydrogen-bond acceptors (Lipinski definition) is 4. The molecule has 1 atom stereocenters. The molecule has 208 valence electrons. The molecule has 4 nitrogen and oxygen atoms in total. The first kappa shape index (κ1) is 30.0. The van der Waals surface area contributed by atoms with Crippen LogP contribution in [0.4, 0.5) is 0 Å². The standard InChI is InChI=1S/C35H44O4/c1-4-6-7-8-9-10-11-12-13-26-37-32-20-18-30(19-21-32)29-14-16-31(17-15-29)35(36)39-34-24-22-33(23-25-34)38-27-28(3)5-2/h4,14-25,28H,1,5-13,26-27H2,2-3H3/t28-/m0/s1. The number of hydrogen-bond donors (Lipinski definition) is 0. The summed E-state index contributed by atoms with van der Waals surface area (Å²) in [5.41, 5.74) is 2.62. The van der Waals surface area contributed by atoms with Crippen LogP contribution < -0.4 is 14.2 Å². The maximum Gasteiger partial charge on any atom is 0.343 e. The molecule has 0 unspecified atom stereocenters. The van der Waals surface area contributed by atoms with Crippen LogP contribution in [0.5, 0.6) is 17.2 Å². The third-order valence-corrected chi connectivity index (χ3v) is 6.90. The maximum absolute atomic E-state index is 12.6. The first-order chi connectivity index (χ1) is 19.1. The van der Waals surface area contributed by atoms with Crippen molar-refractivity contribution in [2.75, 3.05) is 13.2 Å². The van der Waals surface area contributed by atoms with Crippen LogP contribution in [0, 0.1) is 5.92 Å². The lowest BCUT2D eigenvalue weighted by Crippen LogP contribution is -2.09. The number of rotatable bonds is 18. The molecule has 0 fully saturated rings. The Morgan fingerprint density at radius 1 is 0.718 bits per heavy atom. The van der Waals surface area contributed by atoms with Gasteiger partial charge in [0, 0.05) is 0 Å². The number of allylic oxidation sites excluding steroid dienone is 1. The normalized spacial score (nSPS) is 11.5. The van der Waals surface area contributed by atoms with Crippen LogP contribution in [0.1, 0.15) is 82.0 Å². The van der Waals surface area contributed by atoms with E-state index in [1.165, 1.54) is 38.5 Å². The lowest BCUT2D eigenvalue weighted by Gasteiger charge is -2.11. The first-order valence-corrected chi connectivity index (χ1v) is 14.5. The topological polar surface area (TPSA) is 44.8 Å². The third kappa shape index (κ3) is 11.0. The summed E-state index contributed by atoms with van der Waals surface area (Å²) in [6.45, 7) is 9.50. The predicted molar refractivity (Wildman–Crippen MR) is 161 cm³/mol. The van der Waals surface area contributed by atoms with Crippen LogP contribution in [0.3, 0.4) is 0 Å². The fraction of sp³-hybridized carbons (Fsp3) is 0.400. The fourth-order valence-corrected chi connectivity index (χ4v) is 4.13. The van der Waals surface area contributed by atoms with E-state index < -0.39 is 0 Å². The van der Waals surface area contributed by atoms with Crippen molar-refractivity contribution in [2.45, 2.75) is 71.6 Å². The van der Waals surface area contributed by atoms with Gasteiger partial charge in [-0.05, 0) is 84.8 Å². The van der Waals surface area contributed by atoms with Gasteiger partial charge >= 0.3 is 5.97 Å². The average molecular weight is 529 g/mol. The summed E-state index contributed by atoms with van der Waals surface area (Å²) in [6.07, 6.45) is 13.0. The average Bonchev–Trinajstić information content (AvgIpc) is 2.98. The minimum absolute atomic E-state index is 0.383. The van der Waals surface area contributed by atoms with E-state index in [9.17, 15) is 4.79 Å². The predicted octanol–water partition coefficient (Wildman–Crippen LogP) is 9.68. The van der Waals surface area contributed by atoms with Crippen LogP contribution >= 0.6 is 0 Å². The summed E-state index contributed by atoms with van der Waals surface area (Å²) in [4.78, 5) is 12.6. The Bertz CT molecular complexity index is 1100. The molecule has 0 N–H and O–H groups in total. The smallest absolute Gasteiger partial charge is 0.343 e. The van der Waals surface area contributed by atoms with Crippen LogP contribution in [0.15, 0.2) is 85.5 Å². The van der Waals surface area contributed by atoms with Crippen molar-refractivity contribution >= 4 is 5.97 Å². The van der Waals surface area contributed by atoms with Gasteiger partial charge in [-0.25, -0.2) is 4.79 Å². The quantitative estimate of drug-likeness (QED) is 0.0713. The highest BCUT2D eigenvalue weighted by molar-refractivity contribution is 5.91. The third-order valence-electron chi connectivity index (χ3n) is 6.90. The summed E-state index contributed by atoms with van der Waals surface area (Å²) in [7, 11) is 0. The number of ether oxygens (including phenoxy) is 3. The van der Waals surface area contributed by atoms with Gasteiger partial charge in [0.2, 0.25) is 0 Å². The van der Waals surface area contributed by atoms with Crippen molar-refractivity contribution in [3.05, 3.63) is 91.0 Å². The lowest BCUT2D eigenvalue weighted by molar-refractivity contribution is 0.0734. The minimum atomic E-state index is -0.383. The molecule has 39 heavy (non-hydrogen) atoms. The zero-order chi connectivity index (χ0) is 27.7. The molecule has 0 aliphatic carbocycles. The van der Waals surface area contributed by atoms with Crippen molar-refractivity contribution in [3.63, 3.8) is 0 Å². The van der Waals surface area contributed by atoms with Crippen molar-refractivity contribution in [1.29, 1.82) is 0 Å². The highest BCUT2D eigenvalue weighted by Gasteiger charge is 2.10. The largest absolute Gasteiger partial charge is 0.494 e. The Morgan fingerprint density at radius 3 is 1.85 bits per heavy atom. The highest BCUT2D eigenvalue weighted by atomic mass is 16.5. The van der Waals surface area contributed by atoms with E-state index >= 15 is 0 Å². The van der Waals surface area contributed by atoms with Gasteiger partial charge in [-0.1, -0.05) is 82.7 Å². The van der Waals surface area contributed by atoms with E-state index in [1.807, 2.05) is 42.5 Å². The summed E-state index contributed by atoms with van der Waals surface area (Å²) < 4.78 is 17.2. The summed E-state index contributed by atoms with van der Waals surface area (Å²) in [5.74, 6) is 2.28. The Kier molecular flexibility index (Phi) is 13.2. The molecule has 0 amide bonds. The zero-order valence-corrected chi connectivity index (χ0v) is 23.7. The van der Waals surface area contributed by atoms with E-state index in [2.05, 4.69) is 32.6 Å². The molecule has 0 bridgehead atoms. The SMILES string of the molecule is C=CCCCCCCCCCOc1ccc(-c2ccc(C(=O)Oc3ccc(OC[C@@H](C)CC)cc3)cc2)cc1. The molecular formula is C35H44O4. The second-order valence-corrected chi connectivity index (χ2v) is 10.2. The molecule has 0 aliphatic rings. The van der Waals surface area contributed by atoms with E-state index in [1.54, 1.807) is 24.3 Å². The minimum Gasteiger partial charge on any atom is -0.494 e. The number of esters is 1. The molecule has 3 rings (SSSR count). The van der Waals surface area contributed by atoms with Gasteiger partial charge in [0.25, 0.3) is 0 Å². The van der Waals surface area contributed by atoms with Gasteiger partial charge < -0.3 is 14.2 Å². The summed E-state index contributed by atoms with van der Waals surface area (Å²) >= 11 is 0. The van der Waals surface area contributed by atoms with Crippen LogP contribution in [-0.4, -0.2) is 19.2 Å². The van der Waals surface area contributed by atoms with Crippen molar-refractivity contribution in [2.24, 2.45) is 5.92 Å². The molecule has 3 aromatic carbocycles. The van der Waals surface area contributed by atoms with Gasteiger partial charge in [0.05, 0.1) is 18.8 Å². The van der Waals surface area contributed by atoms with Crippen LogP contribution in [0.25, 0.3) is 11.1 Å². The Morgan fingerprint density at radius 2 is 1.23 bits per heavy atom. The molecule has 4 heteroatoms. The number of unbranched alkanes of at least 4 members (excludes halogenated alkanes) is 7. The number of carbonyl (C=O) groups excluding carboxylic acids is 1. The molecule has 3 aromatic rings. The molecule has 0 aliphatic heterocycles. The van der Waals surface area contributed by atoms with Crippen molar-refractivity contribution < 1.29 is 19.0 Å². The van der Waals surface area contributed by atoms with E-state index in [-0.39, 0.29) is 5.97 Å². The zero-order valence-electron chi connectivity index (χ0n) is 23.7. The first-order valence-electron chi connectivity index (χ1n) is 14.5. The molecule has 0 saturated carbocycles. The summed E-state index contributed by atoms with van der Waals surface area (Å²) in [5, 5.41) is 0. The van der Waals surface area contributed by atoms with Gasteiger partial charge in [-0.3, -0.25) is 0 Å². The molecule has 0 spiro atoms.